The fraction of sp³-hybridized carbons (Fsp3) is 0.333. The van der Waals surface area contributed by atoms with Crippen molar-refractivity contribution in [3.8, 4) is 0 Å². The van der Waals surface area contributed by atoms with Gasteiger partial charge in [-0.25, -0.2) is 9.37 Å². The van der Waals surface area contributed by atoms with Crippen LogP contribution in [0.4, 0.5) is 9.52 Å². The molecule has 0 saturated heterocycles. The number of fused-ring (bicyclic) bond motifs is 1. The first-order valence-corrected chi connectivity index (χ1v) is 6.52. The Bertz CT molecular complexity index is 569. The minimum atomic E-state index is -0.365. The average molecular weight is 267 g/mol. The van der Waals surface area contributed by atoms with E-state index in [1.807, 2.05) is 6.92 Å². The summed E-state index contributed by atoms with van der Waals surface area (Å²) in [7, 11) is 0. The summed E-state index contributed by atoms with van der Waals surface area (Å²) in [6.07, 6.45) is 0. The van der Waals surface area contributed by atoms with Gasteiger partial charge in [0.05, 0.1) is 10.2 Å². The van der Waals surface area contributed by atoms with Gasteiger partial charge in [0.2, 0.25) is 5.91 Å². The summed E-state index contributed by atoms with van der Waals surface area (Å²) < 4.78 is 13.8. The maximum absolute atomic E-state index is 13.0. The summed E-state index contributed by atoms with van der Waals surface area (Å²) in [6, 6.07) is 4.08. The lowest BCUT2D eigenvalue weighted by Gasteiger charge is -2.11. The first-order chi connectivity index (χ1) is 8.60. The minimum Gasteiger partial charge on any atom is -0.355 e. The van der Waals surface area contributed by atoms with Crippen molar-refractivity contribution in [3.63, 3.8) is 0 Å². The molecule has 1 atom stereocenters. The number of hydrogen-bond acceptors (Lipinski definition) is 4. The third kappa shape index (κ3) is 2.76. The number of benzene rings is 1. The van der Waals surface area contributed by atoms with E-state index in [1.165, 1.54) is 23.5 Å². The van der Waals surface area contributed by atoms with Crippen LogP contribution in [0.5, 0.6) is 0 Å². The second kappa shape index (κ2) is 5.30. The van der Waals surface area contributed by atoms with Gasteiger partial charge >= 0.3 is 0 Å². The summed E-state index contributed by atoms with van der Waals surface area (Å²) in [5.41, 5.74) is 0.729. The lowest BCUT2D eigenvalue weighted by atomic mass is 10.3. The third-order valence-corrected chi connectivity index (χ3v) is 3.38. The minimum absolute atomic E-state index is 0.0806. The van der Waals surface area contributed by atoms with Crippen LogP contribution in [0.25, 0.3) is 10.2 Å². The summed E-state index contributed by atoms with van der Waals surface area (Å²) in [6.45, 7) is 4.22. The molecule has 0 aliphatic carbocycles. The average Bonchev–Trinajstić information content (AvgIpc) is 2.70. The van der Waals surface area contributed by atoms with Crippen molar-refractivity contribution in [2.45, 2.75) is 19.9 Å². The van der Waals surface area contributed by atoms with Gasteiger partial charge in [0.15, 0.2) is 5.13 Å². The number of halogens is 1. The molecule has 18 heavy (non-hydrogen) atoms. The van der Waals surface area contributed by atoms with Crippen LogP contribution in [0, 0.1) is 5.82 Å². The Hall–Kier alpha value is -1.69. The molecule has 96 valence electrons. The molecule has 2 aromatic rings. The molecule has 1 aromatic carbocycles. The quantitative estimate of drug-likeness (QED) is 0.894. The Morgan fingerprint density at radius 3 is 3.06 bits per heavy atom. The number of likely N-dealkylation sites (N-methyl/N-ethyl adjacent to an activating group) is 1. The molecule has 1 unspecified atom stereocenters. The van der Waals surface area contributed by atoms with E-state index in [1.54, 1.807) is 13.0 Å². The largest absolute Gasteiger partial charge is 0.355 e. The maximum atomic E-state index is 13.0. The molecule has 0 fully saturated rings. The van der Waals surface area contributed by atoms with Crippen LogP contribution in [0.2, 0.25) is 0 Å². The topological polar surface area (TPSA) is 54.0 Å². The number of carbonyl (C=O) groups excluding carboxylic acids is 1. The van der Waals surface area contributed by atoms with Crippen LogP contribution in [0.3, 0.4) is 0 Å². The molecule has 2 rings (SSSR count). The van der Waals surface area contributed by atoms with E-state index in [0.717, 1.165) is 10.2 Å². The zero-order chi connectivity index (χ0) is 13.1. The van der Waals surface area contributed by atoms with Crippen LogP contribution in [-0.4, -0.2) is 23.5 Å². The first kappa shape index (κ1) is 12.8. The van der Waals surface area contributed by atoms with Crippen molar-refractivity contribution >= 4 is 32.6 Å². The summed E-state index contributed by atoms with van der Waals surface area (Å²) in [4.78, 5) is 15.9. The molecule has 0 aliphatic heterocycles. The van der Waals surface area contributed by atoms with Crippen LogP contribution < -0.4 is 10.6 Å². The molecule has 2 N–H and O–H groups in total. The number of aromatic nitrogens is 1. The molecule has 0 radical (unpaired) electrons. The first-order valence-electron chi connectivity index (χ1n) is 5.70. The van der Waals surface area contributed by atoms with Crippen LogP contribution in [0.1, 0.15) is 13.8 Å². The van der Waals surface area contributed by atoms with Gasteiger partial charge < -0.3 is 10.6 Å². The molecule has 1 amide bonds. The SMILES string of the molecule is CCNC(=O)C(C)Nc1nc2ccc(F)cc2s1. The highest BCUT2D eigenvalue weighted by molar-refractivity contribution is 7.22. The molecule has 0 saturated carbocycles. The number of hydrogen-bond donors (Lipinski definition) is 2. The zero-order valence-corrected chi connectivity index (χ0v) is 11.0. The number of carbonyl (C=O) groups is 1. The molecule has 0 spiro atoms. The fourth-order valence-electron chi connectivity index (χ4n) is 1.54. The molecule has 4 nitrogen and oxygen atoms in total. The van der Waals surface area contributed by atoms with Gasteiger partial charge in [0, 0.05) is 6.54 Å². The highest BCUT2D eigenvalue weighted by atomic mass is 32.1. The van der Waals surface area contributed by atoms with E-state index in [0.29, 0.717) is 11.7 Å². The van der Waals surface area contributed by atoms with Crippen LogP contribution in [-0.2, 0) is 4.79 Å². The van der Waals surface area contributed by atoms with Crippen LogP contribution >= 0.6 is 11.3 Å². The number of nitrogens with one attached hydrogen (secondary N) is 2. The Labute approximate surface area is 108 Å². The standard InChI is InChI=1S/C12H14FN3OS/c1-3-14-11(17)7(2)15-12-16-9-5-4-8(13)6-10(9)18-12/h4-7H,3H2,1-2H3,(H,14,17)(H,15,16). The lowest BCUT2D eigenvalue weighted by molar-refractivity contribution is -0.121. The van der Waals surface area contributed by atoms with Crippen molar-refractivity contribution in [2.75, 3.05) is 11.9 Å². The van der Waals surface area contributed by atoms with Gasteiger partial charge in [0.1, 0.15) is 11.9 Å². The highest BCUT2D eigenvalue weighted by Gasteiger charge is 2.13. The fourth-order valence-corrected chi connectivity index (χ4v) is 2.52. The monoisotopic (exact) mass is 267 g/mol. The molecule has 6 heteroatoms. The molecule has 1 heterocycles. The van der Waals surface area contributed by atoms with Gasteiger partial charge in [-0.1, -0.05) is 11.3 Å². The third-order valence-electron chi connectivity index (χ3n) is 2.43. The van der Waals surface area contributed by atoms with Crippen molar-refractivity contribution in [1.29, 1.82) is 0 Å². The van der Waals surface area contributed by atoms with Crippen molar-refractivity contribution in [3.05, 3.63) is 24.0 Å². The molecular formula is C12H14FN3OS. The molecule has 1 aromatic heterocycles. The number of thiazole rings is 1. The highest BCUT2D eigenvalue weighted by Crippen LogP contribution is 2.26. The van der Waals surface area contributed by atoms with Gasteiger partial charge in [-0.05, 0) is 32.0 Å². The number of amides is 1. The summed E-state index contributed by atoms with van der Waals surface area (Å²) in [5, 5.41) is 6.35. The Morgan fingerprint density at radius 1 is 1.56 bits per heavy atom. The van der Waals surface area contributed by atoms with Crippen molar-refractivity contribution < 1.29 is 9.18 Å². The van der Waals surface area contributed by atoms with E-state index < -0.39 is 0 Å². The smallest absolute Gasteiger partial charge is 0.242 e. The van der Waals surface area contributed by atoms with Crippen molar-refractivity contribution in [1.82, 2.24) is 10.3 Å². The predicted octanol–water partition coefficient (Wildman–Crippen LogP) is 2.37. The van der Waals surface area contributed by atoms with Gasteiger partial charge in [-0.15, -0.1) is 0 Å². The van der Waals surface area contributed by atoms with E-state index >= 15 is 0 Å². The molecule has 0 aliphatic rings. The van der Waals surface area contributed by atoms with Crippen LogP contribution in [0.15, 0.2) is 18.2 Å². The second-order valence-corrected chi connectivity index (χ2v) is 4.92. The zero-order valence-electron chi connectivity index (χ0n) is 10.2. The Balaban J connectivity index is 2.14. The maximum Gasteiger partial charge on any atom is 0.242 e. The van der Waals surface area contributed by atoms with Crippen molar-refractivity contribution in [2.24, 2.45) is 0 Å². The van der Waals surface area contributed by atoms with E-state index in [4.69, 9.17) is 0 Å². The second-order valence-electron chi connectivity index (χ2n) is 3.89. The van der Waals surface area contributed by atoms with Gasteiger partial charge in [0.25, 0.3) is 0 Å². The lowest BCUT2D eigenvalue weighted by Crippen LogP contribution is -2.37. The van der Waals surface area contributed by atoms with E-state index in [9.17, 15) is 9.18 Å². The van der Waals surface area contributed by atoms with E-state index in [-0.39, 0.29) is 17.8 Å². The predicted molar refractivity (Wildman–Crippen MR) is 71.3 cm³/mol. The normalized spacial score (nSPS) is 12.4. The van der Waals surface area contributed by atoms with E-state index in [2.05, 4.69) is 15.6 Å². The number of rotatable bonds is 4. The summed E-state index contributed by atoms with van der Waals surface area (Å²) >= 11 is 1.33. The number of anilines is 1. The number of nitrogens with zero attached hydrogens (tertiary/aromatic N) is 1. The molecular weight excluding hydrogens is 253 g/mol. The van der Waals surface area contributed by atoms with Gasteiger partial charge in [-0.2, -0.15) is 0 Å². The Kier molecular flexibility index (Phi) is 3.76. The molecule has 0 bridgehead atoms. The Morgan fingerprint density at radius 2 is 2.33 bits per heavy atom. The summed E-state index contributed by atoms with van der Waals surface area (Å²) in [5.74, 6) is -0.364. The van der Waals surface area contributed by atoms with Gasteiger partial charge in [-0.3, -0.25) is 4.79 Å².